The van der Waals surface area contributed by atoms with Crippen LogP contribution in [0.5, 0.6) is 0 Å². The second-order valence-electron chi connectivity index (χ2n) is 5.36. The Kier molecular flexibility index (Phi) is 4.70. The number of rotatable bonds is 5. The summed E-state index contributed by atoms with van der Waals surface area (Å²) in [7, 11) is -2.13. The quantitative estimate of drug-likeness (QED) is 0.661. The van der Waals surface area contributed by atoms with Crippen LogP contribution >= 0.6 is 0 Å². The zero-order chi connectivity index (χ0) is 15.6. The maximum Gasteiger partial charge on any atom is 0.245 e. The summed E-state index contributed by atoms with van der Waals surface area (Å²) < 4.78 is 27.8. The van der Waals surface area contributed by atoms with Crippen molar-refractivity contribution in [3.8, 4) is 0 Å². The van der Waals surface area contributed by atoms with Crippen LogP contribution in [0.3, 0.4) is 0 Å². The number of quaternary nitrogens is 1. The highest BCUT2D eigenvalue weighted by atomic mass is 32.2. The molecule has 0 amide bonds. The fourth-order valence-electron chi connectivity index (χ4n) is 2.67. The van der Waals surface area contributed by atoms with E-state index in [1.165, 1.54) is 27.0 Å². The van der Waals surface area contributed by atoms with E-state index in [0.29, 0.717) is 13.1 Å². The number of carbonyl (C=O) groups is 1. The molecular weight excluding hydrogens is 294 g/mol. The molecule has 0 aliphatic carbocycles. The van der Waals surface area contributed by atoms with Gasteiger partial charge in [-0.2, -0.15) is 4.31 Å². The Balaban J connectivity index is 2.16. The summed E-state index contributed by atoms with van der Waals surface area (Å²) in [5, 5.41) is 10.9. The van der Waals surface area contributed by atoms with Crippen LogP contribution in [-0.4, -0.2) is 56.0 Å². The first-order valence-corrected chi connectivity index (χ1v) is 8.51. The van der Waals surface area contributed by atoms with Crippen LogP contribution in [-0.2, 0) is 17.1 Å². The molecule has 0 radical (unpaired) electrons. The Hall–Kier alpha value is -1.38. The molecule has 0 atom stereocenters. The average Bonchev–Trinajstić information content (AvgIpc) is 2.83. The average molecular weight is 315 g/mol. The number of aromatic carboxylic acids is 1. The molecule has 1 aliphatic rings. The number of piperazine rings is 1. The fraction of sp³-hybridized carbons (Fsp3) is 0.615. The lowest BCUT2D eigenvalue weighted by Gasteiger charge is -2.31. The van der Waals surface area contributed by atoms with Gasteiger partial charge in [-0.05, 0) is 12.5 Å². The molecule has 7 nitrogen and oxygen atoms in total. The molecule has 0 aromatic carbocycles. The number of aryl methyl sites for hydroxylation is 1. The number of hydrogen-bond acceptors (Lipinski definition) is 4. The van der Waals surface area contributed by atoms with Gasteiger partial charge in [-0.15, -0.1) is 0 Å². The van der Waals surface area contributed by atoms with Crippen molar-refractivity contribution in [1.29, 1.82) is 0 Å². The van der Waals surface area contributed by atoms with E-state index in [9.17, 15) is 18.3 Å². The topological polar surface area (TPSA) is 86.9 Å². The Morgan fingerprint density at radius 2 is 2.00 bits per heavy atom. The third kappa shape index (κ3) is 3.28. The molecule has 2 heterocycles. The van der Waals surface area contributed by atoms with E-state index in [0.717, 1.165) is 32.1 Å². The van der Waals surface area contributed by atoms with E-state index in [1.807, 2.05) is 0 Å². The SMILES string of the molecule is CCC[NH+]1CCN(S(=O)(=O)c2cc(C(=O)[O-])n(C)c2)CC1. The van der Waals surface area contributed by atoms with Gasteiger partial charge < -0.3 is 19.4 Å². The molecule has 2 rings (SSSR count). The normalized spacial score (nSPS) is 18.0. The first-order chi connectivity index (χ1) is 9.86. The number of sulfonamides is 1. The van der Waals surface area contributed by atoms with Gasteiger partial charge in [-0.25, -0.2) is 8.42 Å². The molecule has 1 saturated heterocycles. The molecule has 1 aliphatic heterocycles. The molecule has 0 saturated carbocycles. The third-order valence-electron chi connectivity index (χ3n) is 3.86. The summed E-state index contributed by atoms with van der Waals surface area (Å²) in [6.07, 6.45) is 2.40. The minimum absolute atomic E-state index is 0.0168. The summed E-state index contributed by atoms with van der Waals surface area (Å²) in [6.45, 7) is 5.66. The molecule has 1 fully saturated rings. The van der Waals surface area contributed by atoms with Crippen molar-refractivity contribution in [3.63, 3.8) is 0 Å². The van der Waals surface area contributed by atoms with Gasteiger partial charge in [0.05, 0.1) is 44.4 Å². The van der Waals surface area contributed by atoms with E-state index >= 15 is 0 Å². The molecule has 1 N–H and O–H groups in total. The second kappa shape index (κ2) is 6.17. The first-order valence-electron chi connectivity index (χ1n) is 7.07. The van der Waals surface area contributed by atoms with E-state index < -0.39 is 16.0 Å². The summed E-state index contributed by atoms with van der Waals surface area (Å²) >= 11 is 0. The number of hydrogen-bond donors (Lipinski definition) is 1. The standard InChI is InChI=1S/C13H21N3O4S/c1-3-4-15-5-7-16(8-6-15)21(19,20)11-9-12(13(17)18)14(2)10-11/h9-10H,3-8H2,1-2H3,(H,17,18). The van der Waals surface area contributed by atoms with E-state index in [-0.39, 0.29) is 10.6 Å². The van der Waals surface area contributed by atoms with Crippen molar-refractivity contribution in [3.05, 3.63) is 18.0 Å². The van der Waals surface area contributed by atoms with Crippen LogP contribution in [0.2, 0.25) is 0 Å². The van der Waals surface area contributed by atoms with Crippen LogP contribution in [0, 0.1) is 0 Å². The smallest absolute Gasteiger partial charge is 0.245 e. The van der Waals surface area contributed by atoms with Crippen molar-refractivity contribution in [2.24, 2.45) is 7.05 Å². The Labute approximate surface area is 124 Å². The van der Waals surface area contributed by atoms with Crippen molar-refractivity contribution in [2.75, 3.05) is 32.7 Å². The predicted molar refractivity (Wildman–Crippen MR) is 74.4 cm³/mol. The van der Waals surface area contributed by atoms with Gasteiger partial charge in [0.25, 0.3) is 0 Å². The Morgan fingerprint density at radius 1 is 1.38 bits per heavy atom. The van der Waals surface area contributed by atoms with Crippen molar-refractivity contribution in [1.82, 2.24) is 8.87 Å². The summed E-state index contributed by atoms with van der Waals surface area (Å²) in [5.74, 6) is -1.38. The summed E-state index contributed by atoms with van der Waals surface area (Å²) in [6, 6.07) is 1.16. The van der Waals surface area contributed by atoms with Crippen molar-refractivity contribution >= 4 is 16.0 Å². The van der Waals surface area contributed by atoms with E-state index in [2.05, 4.69) is 6.92 Å². The molecule has 118 valence electrons. The van der Waals surface area contributed by atoms with Crippen LogP contribution in [0.1, 0.15) is 23.8 Å². The van der Waals surface area contributed by atoms with Gasteiger partial charge >= 0.3 is 0 Å². The van der Waals surface area contributed by atoms with E-state index in [4.69, 9.17) is 0 Å². The first kappa shape index (κ1) is 16.0. The Morgan fingerprint density at radius 3 is 2.48 bits per heavy atom. The second-order valence-corrected chi connectivity index (χ2v) is 7.30. The highest BCUT2D eigenvalue weighted by Gasteiger charge is 2.31. The van der Waals surface area contributed by atoms with Crippen LogP contribution in [0.25, 0.3) is 0 Å². The third-order valence-corrected chi connectivity index (χ3v) is 5.72. The number of nitrogens with zero attached hydrogens (tertiary/aromatic N) is 2. The molecular formula is C13H21N3O4S. The minimum atomic E-state index is -3.63. The van der Waals surface area contributed by atoms with Crippen molar-refractivity contribution in [2.45, 2.75) is 18.2 Å². The molecule has 1 aromatic heterocycles. The summed E-state index contributed by atoms with van der Waals surface area (Å²) in [5.41, 5.74) is -0.135. The highest BCUT2D eigenvalue weighted by molar-refractivity contribution is 7.89. The fourth-order valence-corrected chi connectivity index (χ4v) is 4.19. The summed E-state index contributed by atoms with van der Waals surface area (Å²) in [4.78, 5) is 12.3. The highest BCUT2D eigenvalue weighted by Crippen LogP contribution is 2.18. The largest absolute Gasteiger partial charge is 0.543 e. The lowest BCUT2D eigenvalue weighted by Crippen LogP contribution is -3.14. The molecule has 0 bridgehead atoms. The molecule has 0 spiro atoms. The van der Waals surface area contributed by atoms with Crippen molar-refractivity contribution < 1.29 is 23.2 Å². The van der Waals surface area contributed by atoms with Gasteiger partial charge in [0.1, 0.15) is 4.90 Å². The number of carbonyl (C=O) groups excluding carboxylic acids is 1. The number of aromatic nitrogens is 1. The number of carboxylic acid groups (broad SMARTS) is 1. The zero-order valence-corrected chi connectivity index (χ0v) is 13.1. The number of carboxylic acids is 1. The van der Waals surface area contributed by atoms with Gasteiger partial charge in [-0.3, -0.25) is 0 Å². The van der Waals surface area contributed by atoms with Gasteiger partial charge in [-0.1, -0.05) is 6.92 Å². The molecule has 21 heavy (non-hydrogen) atoms. The lowest BCUT2D eigenvalue weighted by atomic mass is 10.3. The maximum atomic E-state index is 12.5. The number of nitrogens with one attached hydrogen (secondary N) is 1. The molecule has 0 unspecified atom stereocenters. The predicted octanol–water partition coefficient (Wildman–Crippen LogP) is -2.31. The van der Waals surface area contributed by atoms with Crippen LogP contribution < -0.4 is 10.0 Å². The minimum Gasteiger partial charge on any atom is -0.543 e. The monoisotopic (exact) mass is 315 g/mol. The van der Waals surface area contributed by atoms with Gasteiger partial charge in [0.2, 0.25) is 10.0 Å². The van der Waals surface area contributed by atoms with Crippen LogP contribution in [0.4, 0.5) is 0 Å². The van der Waals surface area contributed by atoms with E-state index in [1.54, 1.807) is 0 Å². The Bertz CT molecular complexity index is 615. The lowest BCUT2D eigenvalue weighted by molar-refractivity contribution is -0.903. The van der Waals surface area contributed by atoms with Gasteiger partial charge in [0.15, 0.2) is 0 Å². The zero-order valence-electron chi connectivity index (χ0n) is 12.3. The maximum absolute atomic E-state index is 12.5. The van der Waals surface area contributed by atoms with Gasteiger partial charge in [0, 0.05) is 13.2 Å². The molecule has 8 heteroatoms. The molecule has 1 aromatic rings. The van der Waals surface area contributed by atoms with Crippen LogP contribution in [0.15, 0.2) is 17.2 Å².